The lowest BCUT2D eigenvalue weighted by atomic mass is 10.1. The number of nitrogens with zero attached hydrogens (tertiary/aromatic N) is 2. The van der Waals surface area contributed by atoms with Crippen LogP contribution >= 0.6 is 11.6 Å². The van der Waals surface area contributed by atoms with Gasteiger partial charge in [0.25, 0.3) is 0 Å². The van der Waals surface area contributed by atoms with Crippen molar-refractivity contribution >= 4 is 22.4 Å². The number of alkyl halides is 1. The first-order valence-corrected chi connectivity index (χ1v) is 6.01. The van der Waals surface area contributed by atoms with E-state index in [1.807, 2.05) is 19.1 Å². The molecule has 2 rings (SSSR count). The molecule has 1 unspecified atom stereocenters. The summed E-state index contributed by atoms with van der Waals surface area (Å²) in [6, 6.07) is 8.23. The standard InChI is InChI=1S/C13H15ClN2/c1-3-10(14)8-13-12-7-5-4-6-11(12)9(2)15-16-13/h4-7,10H,3,8H2,1-2H3. The fourth-order valence-electron chi connectivity index (χ4n) is 1.80. The maximum atomic E-state index is 6.17. The Bertz CT molecular complexity index is 496. The van der Waals surface area contributed by atoms with Gasteiger partial charge in [-0.15, -0.1) is 11.6 Å². The lowest BCUT2D eigenvalue weighted by Crippen LogP contribution is -2.06. The maximum absolute atomic E-state index is 6.17. The molecule has 0 saturated carbocycles. The molecule has 0 radical (unpaired) electrons. The monoisotopic (exact) mass is 234 g/mol. The highest BCUT2D eigenvalue weighted by Gasteiger charge is 2.10. The number of hydrogen-bond donors (Lipinski definition) is 0. The van der Waals surface area contributed by atoms with E-state index in [9.17, 15) is 0 Å². The summed E-state index contributed by atoms with van der Waals surface area (Å²) < 4.78 is 0. The predicted octanol–water partition coefficient (Wildman–Crippen LogP) is 3.50. The minimum atomic E-state index is 0.139. The van der Waals surface area contributed by atoms with Gasteiger partial charge < -0.3 is 0 Å². The summed E-state index contributed by atoms with van der Waals surface area (Å²) in [4.78, 5) is 0. The quantitative estimate of drug-likeness (QED) is 0.760. The van der Waals surface area contributed by atoms with Crippen LogP contribution in [0.3, 0.4) is 0 Å². The van der Waals surface area contributed by atoms with Gasteiger partial charge in [0.05, 0.1) is 11.4 Å². The number of benzene rings is 1. The van der Waals surface area contributed by atoms with Gasteiger partial charge in [0.2, 0.25) is 0 Å². The van der Waals surface area contributed by atoms with E-state index in [-0.39, 0.29) is 5.38 Å². The zero-order chi connectivity index (χ0) is 11.5. The van der Waals surface area contributed by atoms with Crippen LogP contribution in [-0.2, 0) is 6.42 Å². The number of rotatable bonds is 3. The SMILES string of the molecule is CCC(Cl)Cc1nnc(C)c2ccccc12. The van der Waals surface area contributed by atoms with Crippen molar-refractivity contribution in [2.75, 3.05) is 0 Å². The average Bonchev–Trinajstić information content (AvgIpc) is 2.33. The summed E-state index contributed by atoms with van der Waals surface area (Å²) in [6.07, 6.45) is 1.73. The molecule has 2 aromatic rings. The van der Waals surface area contributed by atoms with Crippen molar-refractivity contribution in [2.45, 2.75) is 32.1 Å². The van der Waals surface area contributed by atoms with Crippen LogP contribution in [0, 0.1) is 6.92 Å². The second-order valence-corrected chi connectivity index (χ2v) is 4.60. The highest BCUT2D eigenvalue weighted by molar-refractivity contribution is 6.20. The van der Waals surface area contributed by atoms with E-state index >= 15 is 0 Å². The molecule has 0 fully saturated rings. The van der Waals surface area contributed by atoms with Gasteiger partial charge in [-0.2, -0.15) is 10.2 Å². The number of fused-ring (bicyclic) bond motifs is 1. The fraction of sp³-hybridized carbons (Fsp3) is 0.385. The molecule has 1 atom stereocenters. The van der Waals surface area contributed by atoms with Crippen LogP contribution in [0.1, 0.15) is 24.7 Å². The molecule has 16 heavy (non-hydrogen) atoms. The lowest BCUT2D eigenvalue weighted by Gasteiger charge is -2.09. The smallest absolute Gasteiger partial charge is 0.0724 e. The zero-order valence-corrected chi connectivity index (χ0v) is 10.3. The Hall–Kier alpha value is -1.15. The van der Waals surface area contributed by atoms with E-state index < -0.39 is 0 Å². The molecule has 84 valence electrons. The summed E-state index contributed by atoms with van der Waals surface area (Å²) in [5.74, 6) is 0. The van der Waals surface area contributed by atoms with Crippen molar-refractivity contribution < 1.29 is 0 Å². The summed E-state index contributed by atoms with van der Waals surface area (Å²) in [5, 5.41) is 10.9. The summed E-state index contributed by atoms with van der Waals surface area (Å²) >= 11 is 6.17. The van der Waals surface area contributed by atoms with E-state index in [0.29, 0.717) is 0 Å². The van der Waals surface area contributed by atoms with Crippen LogP contribution < -0.4 is 0 Å². The van der Waals surface area contributed by atoms with Gasteiger partial charge in [0.1, 0.15) is 0 Å². The minimum Gasteiger partial charge on any atom is -0.155 e. The number of aryl methyl sites for hydroxylation is 1. The topological polar surface area (TPSA) is 25.8 Å². The normalized spacial score (nSPS) is 12.9. The number of hydrogen-bond acceptors (Lipinski definition) is 2. The Morgan fingerprint density at radius 1 is 1.19 bits per heavy atom. The third-order valence-corrected chi connectivity index (χ3v) is 3.27. The highest BCUT2D eigenvalue weighted by atomic mass is 35.5. The first kappa shape index (κ1) is 11.3. The van der Waals surface area contributed by atoms with Crippen molar-refractivity contribution in [1.82, 2.24) is 10.2 Å². The van der Waals surface area contributed by atoms with Crippen LogP contribution in [0.2, 0.25) is 0 Å². The molecule has 2 nitrogen and oxygen atoms in total. The van der Waals surface area contributed by atoms with Gasteiger partial charge in [-0.1, -0.05) is 31.2 Å². The summed E-state index contributed by atoms with van der Waals surface area (Å²) in [6.45, 7) is 4.07. The molecule has 0 N–H and O–H groups in total. The molecule has 0 spiro atoms. The van der Waals surface area contributed by atoms with E-state index in [1.165, 1.54) is 10.8 Å². The molecule has 0 aliphatic heterocycles. The maximum Gasteiger partial charge on any atom is 0.0724 e. The van der Waals surface area contributed by atoms with Crippen LogP contribution in [-0.4, -0.2) is 15.6 Å². The van der Waals surface area contributed by atoms with E-state index in [2.05, 4.69) is 29.3 Å². The van der Waals surface area contributed by atoms with E-state index in [4.69, 9.17) is 11.6 Å². The first-order chi connectivity index (χ1) is 7.72. The minimum absolute atomic E-state index is 0.139. The number of halogens is 1. The van der Waals surface area contributed by atoms with Gasteiger partial charge in [0, 0.05) is 22.6 Å². The largest absolute Gasteiger partial charge is 0.155 e. The Morgan fingerprint density at radius 2 is 1.88 bits per heavy atom. The molecule has 1 heterocycles. The summed E-state index contributed by atoms with van der Waals surface area (Å²) in [7, 11) is 0. The van der Waals surface area contributed by atoms with Crippen LogP contribution in [0.5, 0.6) is 0 Å². The summed E-state index contributed by atoms with van der Waals surface area (Å²) in [5.41, 5.74) is 1.98. The first-order valence-electron chi connectivity index (χ1n) is 5.57. The van der Waals surface area contributed by atoms with Gasteiger partial charge in [0.15, 0.2) is 0 Å². The second-order valence-electron chi connectivity index (χ2n) is 3.99. The lowest BCUT2D eigenvalue weighted by molar-refractivity contribution is 0.773. The molecule has 1 aromatic heterocycles. The van der Waals surface area contributed by atoms with E-state index in [0.717, 1.165) is 24.2 Å². The van der Waals surface area contributed by atoms with Crippen molar-refractivity contribution in [3.63, 3.8) is 0 Å². The van der Waals surface area contributed by atoms with Crippen molar-refractivity contribution in [3.8, 4) is 0 Å². The van der Waals surface area contributed by atoms with Gasteiger partial charge in [-0.05, 0) is 13.3 Å². The van der Waals surface area contributed by atoms with Crippen LogP contribution in [0.25, 0.3) is 10.8 Å². The molecule has 0 aliphatic carbocycles. The third kappa shape index (κ3) is 2.17. The average molecular weight is 235 g/mol. The Kier molecular flexibility index (Phi) is 3.39. The highest BCUT2D eigenvalue weighted by Crippen LogP contribution is 2.21. The Balaban J connectivity index is 2.50. The molecule has 3 heteroatoms. The van der Waals surface area contributed by atoms with Crippen molar-refractivity contribution in [3.05, 3.63) is 35.7 Å². The second kappa shape index (κ2) is 4.79. The molecular weight excluding hydrogens is 220 g/mol. The van der Waals surface area contributed by atoms with Gasteiger partial charge in [-0.25, -0.2) is 0 Å². The van der Waals surface area contributed by atoms with Crippen molar-refractivity contribution in [2.24, 2.45) is 0 Å². The zero-order valence-electron chi connectivity index (χ0n) is 9.57. The van der Waals surface area contributed by atoms with Crippen LogP contribution in [0.4, 0.5) is 0 Å². The van der Waals surface area contributed by atoms with Gasteiger partial charge in [-0.3, -0.25) is 0 Å². The van der Waals surface area contributed by atoms with Gasteiger partial charge >= 0.3 is 0 Å². The molecule has 0 bridgehead atoms. The fourth-order valence-corrected chi connectivity index (χ4v) is 1.94. The molecule has 0 aliphatic rings. The predicted molar refractivity (Wildman–Crippen MR) is 67.9 cm³/mol. The molecule has 0 saturated heterocycles. The number of aromatic nitrogens is 2. The van der Waals surface area contributed by atoms with Crippen molar-refractivity contribution in [1.29, 1.82) is 0 Å². The molecule has 0 amide bonds. The Labute approximate surface area is 101 Å². The van der Waals surface area contributed by atoms with Crippen LogP contribution in [0.15, 0.2) is 24.3 Å². The molecular formula is C13H15ClN2. The third-order valence-electron chi connectivity index (χ3n) is 2.81. The van der Waals surface area contributed by atoms with E-state index in [1.54, 1.807) is 0 Å². The Morgan fingerprint density at radius 3 is 2.56 bits per heavy atom. The molecule has 1 aromatic carbocycles.